The average molecular weight is 390 g/mol. The molecule has 0 N–H and O–H groups in total. The molecule has 0 bridgehead atoms. The van der Waals surface area contributed by atoms with Gasteiger partial charge in [-0.2, -0.15) is 4.98 Å². The molecule has 2 aromatic carbocycles. The summed E-state index contributed by atoms with van der Waals surface area (Å²) in [5, 5.41) is 4.47. The zero-order valence-electron chi connectivity index (χ0n) is 14.5. The maximum atomic E-state index is 13.2. The lowest BCUT2D eigenvalue weighted by Gasteiger charge is -2.31. The molecule has 1 aliphatic rings. The van der Waals surface area contributed by atoms with Gasteiger partial charge < -0.3 is 4.52 Å². The molecule has 4 rings (SSSR count). The predicted molar refractivity (Wildman–Crippen MR) is 98.4 cm³/mol. The van der Waals surface area contributed by atoms with Crippen molar-refractivity contribution in [2.24, 2.45) is 0 Å². The minimum Gasteiger partial charge on any atom is -0.339 e. The molecule has 1 fully saturated rings. The molecule has 1 atom stereocenters. The molecule has 0 radical (unpaired) electrons. The second kappa shape index (κ2) is 7.74. The van der Waals surface area contributed by atoms with Crippen LogP contribution in [0.25, 0.3) is 11.4 Å². The molecule has 1 saturated heterocycles. The number of halogens is 3. The number of nitrogens with zero attached hydrogens (tertiary/aromatic N) is 3. The van der Waals surface area contributed by atoms with Gasteiger partial charge in [0.25, 0.3) is 0 Å². The van der Waals surface area contributed by atoms with Crippen LogP contribution in [0.1, 0.15) is 30.2 Å². The Morgan fingerprint density at radius 2 is 1.89 bits per heavy atom. The van der Waals surface area contributed by atoms with Gasteiger partial charge in [-0.25, -0.2) is 8.78 Å². The number of hydrogen-bond donors (Lipinski definition) is 0. The summed E-state index contributed by atoms with van der Waals surface area (Å²) in [6.45, 7) is 2.34. The fourth-order valence-electron chi connectivity index (χ4n) is 3.41. The monoisotopic (exact) mass is 389 g/mol. The summed E-state index contributed by atoms with van der Waals surface area (Å²) in [5.41, 5.74) is 1.62. The molecule has 1 aromatic heterocycles. The third-order valence-electron chi connectivity index (χ3n) is 4.81. The SMILES string of the molecule is Fc1ccc(-c2noc([C@H]3CCCN(Cc4ccc(F)cc4Cl)C3)n2)cc1. The van der Waals surface area contributed by atoms with E-state index >= 15 is 0 Å². The van der Waals surface area contributed by atoms with E-state index in [-0.39, 0.29) is 17.6 Å². The van der Waals surface area contributed by atoms with Crippen LogP contribution in [0.3, 0.4) is 0 Å². The van der Waals surface area contributed by atoms with Gasteiger partial charge in [-0.05, 0) is 61.3 Å². The van der Waals surface area contributed by atoms with Crippen molar-refractivity contribution < 1.29 is 13.3 Å². The van der Waals surface area contributed by atoms with E-state index < -0.39 is 0 Å². The lowest BCUT2D eigenvalue weighted by Crippen LogP contribution is -2.34. The Labute approximate surface area is 160 Å². The summed E-state index contributed by atoms with van der Waals surface area (Å²) in [7, 11) is 0. The van der Waals surface area contributed by atoms with Crippen LogP contribution in [-0.2, 0) is 6.54 Å². The number of piperidine rings is 1. The van der Waals surface area contributed by atoms with E-state index in [2.05, 4.69) is 15.0 Å². The van der Waals surface area contributed by atoms with Crippen LogP contribution in [0, 0.1) is 11.6 Å². The molecule has 1 aliphatic heterocycles. The molecule has 0 unspecified atom stereocenters. The highest BCUT2D eigenvalue weighted by Gasteiger charge is 2.26. The van der Waals surface area contributed by atoms with Crippen molar-refractivity contribution in [1.82, 2.24) is 15.0 Å². The molecule has 3 aromatic rings. The number of benzene rings is 2. The quantitative estimate of drug-likeness (QED) is 0.626. The standard InChI is InChI=1S/C20H18ClF2N3O/c21-18-10-17(23)8-5-14(18)11-26-9-1-2-15(12-26)20-24-19(25-27-20)13-3-6-16(22)7-4-13/h3-8,10,15H,1-2,9,11-12H2/t15-/m0/s1. The fraction of sp³-hybridized carbons (Fsp3) is 0.300. The second-order valence-electron chi connectivity index (χ2n) is 6.77. The normalized spacial score (nSPS) is 18.0. The molecular weight excluding hydrogens is 372 g/mol. The fourth-order valence-corrected chi connectivity index (χ4v) is 3.64. The van der Waals surface area contributed by atoms with Crippen LogP contribution in [0.5, 0.6) is 0 Å². The van der Waals surface area contributed by atoms with Crippen LogP contribution in [0.15, 0.2) is 47.0 Å². The number of likely N-dealkylation sites (tertiary alicyclic amines) is 1. The Hall–Kier alpha value is -2.31. The summed E-state index contributed by atoms with van der Waals surface area (Å²) >= 11 is 6.15. The van der Waals surface area contributed by atoms with Crippen LogP contribution in [0.4, 0.5) is 8.78 Å². The maximum Gasteiger partial charge on any atom is 0.231 e. The molecule has 4 nitrogen and oxygen atoms in total. The van der Waals surface area contributed by atoms with Gasteiger partial charge in [-0.1, -0.05) is 22.8 Å². The summed E-state index contributed by atoms with van der Waals surface area (Å²) < 4.78 is 31.8. The zero-order valence-corrected chi connectivity index (χ0v) is 15.3. The minimum absolute atomic E-state index is 0.125. The van der Waals surface area contributed by atoms with Gasteiger partial charge in [-0.15, -0.1) is 0 Å². The first-order chi connectivity index (χ1) is 13.1. The minimum atomic E-state index is -0.334. The Morgan fingerprint density at radius 1 is 1.11 bits per heavy atom. The van der Waals surface area contributed by atoms with Gasteiger partial charge in [0.15, 0.2) is 0 Å². The molecule has 0 spiro atoms. The summed E-state index contributed by atoms with van der Waals surface area (Å²) in [5.74, 6) is 0.539. The van der Waals surface area contributed by atoms with Crippen molar-refractivity contribution in [3.63, 3.8) is 0 Å². The second-order valence-corrected chi connectivity index (χ2v) is 7.18. The van der Waals surface area contributed by atoms with Gasteiger partial charge in [0, 0.05) is 23.7 Å². The van der Waals surface area contributed by atoms with Gasteiger partial charge >= 0.3 is 0 Å². The van der Waals surface area contributed by atoms with Gasteiger partial charge in [0.1, 0.15) is 11.6 Å². The molecule has 0 aliphatic carbocycles. The topological polar surface area (TPSA) is 42.2 Å². The van der Waals surface area contributed by atoms with Crippen LogP contribution >= 0.6 is 11.6 Å². The first-order valence-corrected chi connectivity index (χ1v) is 9.22. The van der Waals surface area contributed by atoms with E-state index in [4.69, 9.17) is 16.1 Å². The summed E-state index contributed by atoms with van der Waals surface area (Å²) in [4.78, 5) is 6.76. The number of aromatic nitrogens is 2. The van der Waals surface area contributed by atoms with Crippen molar-refractivity contribution in [2.75, 3.05) is 13.1 Å². The highest BCUT2D eigenvalue weighted by molar-refractivity contribution is 6.31. The van der Waals surface area contributed by atoms with Crippen molar-refractivity contribution in [1.29, 1.82) is 0 Å². The van der Waals surface area contributed by atoms with Crippen molar-refractivity contribution in [3.05, 3.63) is 70.6 Å². The van der Waals surface area contributed by atoms with Gasteiger partial charge in [0.2, 0.25) is 11.7 Å². The lowest BCUT2D eigenvalue weighted by molar-refractivity contribution is 0.180. The van der Waals surface area contributed by atoms with E-state index in [0.717, 1.165) is 37.1 Å². The van der Waals surface area contributed by atoms with Crippen LogP contribution < -0.4 is 0 Å². The largest absolute Gasteiger partial charge is 0.339 e. The van der Waals surface area contributed by atoms with E-state index in [1.165, 1.54) is 24.3 Å². The van der Waals surface area contributed by atoms with Gasteiger partial charge in [-0.3, -0.25) is 4.90 Å². The Bertz CT molecular complexity index is 929. The molecule has 0 saturated carbocycles. The molecular formula is C20H18ClF2N3O. The third kappa shape index (κ3) is 4.17. The first-order valence-electron chi connectivity index (χ1n) is 8.84. The third-order valence-corrected chi connectivity index (χ3v) is 5.16. The number of rotatable bonds is 4. The maximum absolute atomic E-state index is 13.2. The smallest absolute Gasteiger partial charge is 0.231 e. The molecule has 140 valence electrons. The highest BCUT2D eigenvalue weighted by Crippen LogP contribution is 2.29. The van der Waals surface area contributed by atoms with E-state index in [1.54, 1.807) is 18.2 Å². The first kappa shape index (κ1) is 18.1. The van der Waals surface area contributed by atoms with Gasteiger partial charge in [0.05, 0.1) is 5.92 Å². The van der Waals surface area contributed by atoms with E-state index in [0.29, 0.717) is 23.3 Å². The number of hydrogen-bond acceptors (Lipinski definition) is 4. The summed E-state index contributed by atoms with van der Waals surface area (Å²) in [6, 6.07) is 10.5. The molecule has 0 amide bonds. The summed E-state index contributed by atoms with van der Waals surface area (Å²) in [6.07, 6.45) is 1.95. The molecule has 27 heavy (non-hydrogen) atoms. The van der Waals surface area contributed by atoms with Crippen molar-refractivity contribution >= 4 is 11.6 Å². The van der Waals surface area contributed by atoms with E-state index in [9.17, 15) is 8.78 Å². The predicted octanol–water partition coefficient (Wildman–Crippen LogP) is 5.05. The average Bonchev–Trinajstić information content (AvgIpc) is 3.15. The molecule has 2 heterocycles. The van der Waals surface area contributed by atoms with Crippen molar-refractivity contribution in [3.8, 4) is 11.4 Å². The van der Waals surface area contributed by atoms with Crippen molar-refractivity contribution in [2.45, 2.75) is 25.3 Å². The Kier molecular flexibility index (Phi) is 5.18. The van der Waals surface area contributed by atoms with E-state index in [1.807, 2.05) is 0 Å². The lowest BCUT2D eigenvalue weighted by atomic mass is 9.97. The zero-order chi connectivity index (χ0) is 18.8. The Morgan fingerprint density at radius 3 is 2.67 bits per heavy atom. The Balaban J connectivity index is 1.46. The van der Waals surface area contributed by atoms with Crippen LogP contribution in [0.2, 0.25) is 5.02 Å². The van der Waals surface area contributed by atoms with Crippen LogP contribution in [-0.4, -0.2) is 28.1 Å². The highest BCUT2D eigenvalue weighted by atomic mass is 35.5. The molecule has 7 heteroatoms.